The van der Waals surface area contributed by atoms with Crippen LogP contribution in [0.4, 0.5) is 0 Å². The fourth-order valence-electron chi connectivity index (χ4n) is 4.04. The van der Waals surface area contributed by atoms with Crippen molar-refractivity contribution in [3.05, 3.63) is 22.4 Å². The van der Waals surface area contributed by atoms with Crippen molar-refractivity contribution >= 4 is 41.3 Å². The number of guanidine groups is 1. The highest BCUT2D eigenvalue weighted by molar-refractivity contribution is 14.0. The summed E-state index contributed by atoms with van der Waals surface area (Å²) < 4.78 is 6.03. The molecule has 4 nitrogen and oxygen atoms in total. The lowest BCUT2D eigenvalue weighted by molar-refractivity contribution is 0.0767. The Morgan fingerprint density at radius 3 is 2.67 bits per heavy atom. The van der Waals surface area contributed by atoms with E-state index >= 15 is 0 Å². The normalized spacial score (nSPS) is 34.0. The van der Waals surface area contributed by atoms with E-state index in [0.717, 1.165) is 37.4 Å². The van der Waals surface area contributed by atoms with Crippen LogP contribution in [0.1, 0.15) is 17.7 Å². The molecule has 0 aliphatic carbocycles. The molecule has 4 unspecified atom stereocenters. The number of hydrogen-bond donors (Lipinski definition) is 1. The summed E-state index contributed by atoms with van der Waals surface area (Å²) in [7, 11) is 1.88. The van der Waals surface area contributed by atoms with Crippen LogP contribution in [0.15, 0.2) is 22.5 Å². The Balaban J connectivity index is 0.00000132. The molecule has 6 heteroatoms. The van der Waals surface area contributed by atoms with E-state index in [2.05, 4.69) is 32.7 Å². The van der Waals surface area contributed by atoms with E-state index in [4.69, 9.17) is 4.74 Å². The van der Waals surface area contributed by atoms with Gasteiger partial charge in [-0.2, -0.15) is 0 Å². The van der Waals surface area contributed by atoms with Crippen LogP contribution >= 0.6 is 35.3 Å². The lowest BCUT2D eigenvalue weighted by Gasteiger charge is -2.23. The predicted octanol–water partition coefficient (Wildman–Crippen LogP) is 2.55. The highest BCUT2D eigenvalue weighted by atomic mass is 127. The minimum atomic E-state index is 0. The molecule has 0 saturated carbocycles. The minimum Gasteiger partial charge on any atom is -0.374 e. The van der Waals surface area contributed by atoms with Crippen molar-refractivity contribution in [2.75, 3.05) is 20.1 Å². The second-order valence-electron chi connectivity index (χ2n) is 6.00. The number of hydrogen-bond acceptors (Lipinski definition) is 3. The molecule has 3 fully saturated rings. The van der Waals surface area contributed by atoms with Gasteiger partial charge in [-0.25, -0.2) is 0 Å². The lowest BCUT2D eigenvalue weighted by atomic mass is 9.82. The molecule has 0 radical (unpaired) electrons. The van der Waals surface area contributed by atoms with Crippen LogP contribution in [-0.4, -0.2) is 43.2 Å². The summed E-state index contributed by atoms with van der Waals surface area (Å²) in [5.41, 5.74) is 0. The molecule has 0 aromatic carbocycles. The Morgan fingerprint density at radius 2 is 2.10 bits per heavy atom. The van der Waals surface area contributed by atoms with Gasteiger partial charge >= 0.3 is 0 Å². The van der Waals surface area contributed by atoms with Gasteiger partial charge in [0, 0.05) is 36.9 Å². The number of likely N-dealkylation sites (tertiary alicyclic amines) is 1. The maximum atomic E-state index is 6.03. The SMILES string of the molecule is CN=C(NCc1cccs1)N1CC2C3CCC(O3)C2C1.I. The maximum absolute atomic E-state index is 6.03. The van der Waals surface area contributed by atoms with Crippen LogP contribution < -0.4 is 5.32 Å². The Hall–Kier alpha value is -0.340. The molecule has 4 heterocycles. The van der Waals surface area contributed by atoms with Gasteiger partial charge in [-0.3, -0.25) is 4.99 Å². The second kappa shape index (κ2) is 6.42. The zero-order chi connectivity index (χ0) is 13.5. The number of nitrogens with one attached hydrogen (secondary N) is 1. The monoisotopic (exact) mass is 419 g/mol. The van der Waals surface area contributed by atoms with E-state index in [-0.39, 0.29) is 24.0 Å². The number of ether oxygens (including phenoxy) is 1. The predicted molar refractivity (Wildman–Crippen MR) is 96.4 cm³/mol. The van der Waals surface area contributed by atoms with Gasteiger partial charge in [0.25, 0.3) is 0 Å². The van der Waals surface area contributed by atoms with E-state index in [1.807, 2.05) is 7.05 Å². The van der Waals surface area contributed by atoms with Crippen molar-refractivity contribution in [3.63, 3.8) is 0 Å². The topological polar surface area (TPSA) is 36.9 Å². The summed E-state index contributed by atoms with van der Waals surface area (Å²) >= 11 is 1.79. The molecule has 1 aromatic rings. The largest absolute Gasteiger partial charge is 0.374 e. The quantitative estimate of drug-likeness (QED) is 0.455. The Bertz CT molecular complexity index is 489. The first-order chi connectivity index (χ1) is 9.85. The number of nitrogens with zero attached hydrogens (tertiary/aromatic N) is 2. The van der Waals surface area contributed by atoms with Crippen LogP contribution in [0.25, 0.3) is 0 Å². The third kappa shape index (κ3) is 2.82. The molecular formula is C15H22IN3OS. The van der Waals surface area contributed by atoms with Crippen LogP contribution in [0.5, 0.6) is 0 Å². The maximum Gasteiger partial charge on any atom is 0.193 e. The molecule has 0 amide bonds. The highest BCUT2D eigenvalue weighted by Crippen LogP contribution is 2.47. The van der Waals surface area contributed by atoms with Crippen LogP contribution in [0.3, 0.4) is 0 Å². The zero-order valence-corrected chi connectivity index (χ0v) is 15.3. The van der Waals surface area contributed by atoms with Gasteiger partial charge in [0.15, 0.2) is 5.96 Å². The van der Waals surface area contributed by atoms with Crippen molar-refractivity contribution in [1.29, 1.82) is 0 Å². The van der Waals surface area contributed by atoms with E-state index in [1.165, 1.54) is 17.7 Å². The molecule has 1 N–H and O–H groups in total. The Labute approximate surface area is 147 Å². The fourth-order valence-corrected chi connectivity index (χ4v) is 4.69. The zero-order valence-electron chi connectivity index (χ0n) is 12.2. The standard InChI is InChI=1S/C15H21N3OS.HI/c1-16-15(17-7-10-3-2-6-20-10)18-8-11-12(9-18)14-5-4-13(11)19-14;/h2-3,6,11-14H,4-5,7-9H2,1H3,(H,16,17);1H. The van der Waals surface area contributed by atoms with Crippen molar-refractivity contribution < 1.29 is 4.74 Å². The summed E-state index contributed by atoms with van der Waals surface area (Å²) in [6.45, 7) is 3.09. The van der Waals surface area contributed by atoms with Gasteiger partial charge < -0.3 is 15.0 Å². The van der Waals surface area contributed by atoms with Crippen molar-refractivity contribution in [2.24, 2.45) is 16.8 Å². The Morgan fingerprint density at radius 1 is 1.38 bits per heavy atom. The summed E-state index contributed by atoms with van der Waals surface area (Å²) in [4.78, 5) is 8.25. The van der Waals surface area contributed by atoms with E-state index in [0.29, 0.717) is 12.2 Å². The van der Waals surface area contributed by atoms with Crippen molar-refractivity contribution in [2.45, 2.75) is 31.6 Å². The average Bonchev–Trinajstić information content (AvgIpc) is 3.22. The Kier molecular flexibility index (Phi) is 4.75. The third-order valence-electron chi connectivity index (χ3n) is 4.96. The van der Waals surface area contributed by atoms with Gasteiger partial charge in [0.1, 0.15) is 0 Å². The molecule has 21 heavy (non-hydrogen) atoms. The first kappa shape index (κ1) is 15.6. The molecule has 3 aliphatic heterocycles. The molecule has 4 rings (SSSR count). The van der Waals surface area contributed by atoms with Gasteiger partial charge in [-0.05, 0) is 24.3 Å². The first-order valence-electron chi connectivity index (χ1n) is 7.48. The molecular weight excluding hydrogens is 397 g/mol. The molecule has 0 spiro atoms. The summed E-state index contributed by atoms with van der Waals surface area (Å²) in [5.74, 6) is 2.51. The summed E-state index contributed by atoms with van der Waals surface area (Å²) in [6, 6.07) is 4.26. The van der Waals surface area contributed by atoms with Gasteiger partial charge in [-0.15, -0.1) is 35.3 Å². The number of halogens is 1. The number of rotatable bonds is 2. The van der Waals surface area contributed by atoms with E-state index in [9.17, 15) is 0 Å². The van der Waals surface area contributed by atoms with Crippen LogP contribution in [-0.2, 0) is 11.3 Å². The molecule has 2 bridgehead atoms. The van der Waals surface area contributed by atoms with E-state index in [1.54, 1.807) is 11.3 Å². The number of thiophene rings is 1. The summed E-state index contributed by atoms with van der Waals surface area (Å²) in [5, 5.41) is 5.62. The highest BCUT2D eigenvalue weighted by Gasteiger charge is 2.53. The van der Waals surface area contributed by atoms with E-state index < -0.39 is 0 Å². The fraction of sp³-hybridized carbons (Fsp3) is 0.667. The molecule has 3 saturated heterocycles. The number of aliphatic imine (C=N–C) groups is 1. The second-order valence-corrected chi connectivity index (χ2v) is 7.04. The molecule has 4 atom stereocenters. The van der Waals surface area contributed by atoms with Crippen molar-refractivity contribution in [1.82, 2.24) is 10.2 Å². The average molecular weight is 419 g/mol. The molecule has 3 aliphatic rings. The first-order valence-corrected chi connectivity index (χ1v) is 8.36. The third-order valence-corrected chi connectivity index (χ3v) is 5.84. The lowest BCUT2D eigenvalue weighted by Crippen LogP contribution is -2.40. The smallest absolute Gasteiger partial charge is 0.193 e. The van der Waals surface area contributed by atoms with Crippen LogP contribution in [0, 0.1) is 11.8 Å². The van der Waals surface area contributed by atoms with Gasteiger partial charge in [0.05, 0.1) is 18.8 Å². The number of fused-ring (bicyclic) bond motifs is 5. The van der Waals surface area contributed by atoms with Gasteiger partial charge in [-0.1, -0.05) is 6.07 Å². The van der Waals surface area contributed by atoms with Crippen LogP contribution in [0.2, 0.25) is 0 Å². The van der Waals surface area contributed by atoms with Gasteiger partial charge in [0.2, 0.25) is 0 Å². The summed E-state index contributed by atoms with van der Waals surface area (Å²) in [6.07, 6.45) is 3.57. The molecule has 116 valence electrons. The van der Waals surface area contributed by atoms with Crippen molar-refractivity contribution in [3.8, 4) is 0 Å². The minimum absolute atomic E-state index is 0. The molecule has 1 aromatic heterocycles.